The van der Waals surface area contributed by atoms with Crippen LogP contribution >= 0.6 is 11.3 Å². The van der Waals surface area contributed by atoms with Gasteiger partial charge in [0.05, 0.1) is 18.4 Å². The number of nitrogens with one attached hydrogen (secondary N) is 1. The van der Waals surface area contributed by atoms with E-state index >= 15 is 0 Å². The van der Waals surface area contributed by atoms with Crippen LogP contribution in [0.25, 0.3) is 10.2 Å². The Balaban J connectivity index is 1.68. The third kappa shape index (κ3) is 2.99. The van der Waals surface area contributed by atoms with Crippen LogP contribution < -0.4 is 11.1 Å². The molecule has 2 aromatic heterocycles. The lowest BCUT2D eigenvalue weighted by Gasteiger charge is -2.30. The van der Waals surface area contributed by atoms with Crippen molar-refractivity contribution in [1.82, 2.24) is 15.2 Å². The van der Waals surface area contributed by atoms with Gasteiger partial charge in [0.25, 0.3) is 5.91 Å². The number of thiophene rings is 1. The second-order valence-corrected chi connectivity index (χ2v) is 6.17. The Kier molecular flexibility index (Phi) is 4.05. The Morgan fingerprint density at radius 3 is 3.29 bits per heavy atom. The van der Waals surface area contributed by atoms with Crippen LogP contribution in [0.1, 0.15) is 9.67 Å². The molecule has 2 aromatic rings. The van der Waals surface area contributed by atoms with E-state index in [1.54, 1.807) is 6.20 Å². The van der Waals surface area contributed by atoms with Crippen LogP contribution in [0.2, 0.25) is 0 Å². The lowest BCUT2D eigenvalue weighted by Crippen LogP contribution is -2.45. The first kappa shape index (κ1) is 14.2. The number of aromatic nitrogens is 1. The topological polar surface area (TPSA) is 80.5 Å². The van der Waals surface area contributed by atoms with Crippen LogP contribution in [0, 0.1) is 0 Å². The fourth-order valence-corrected chi connectivity index (χ4v) is 3.38. The number of nitrogen functional groups attached to an aromatic ring is 1. The molecule has 1 aliphatic heterocycles. The van der Waals surface area contributed by atoms with Gasteiger partial charge in [0.1, 0.15) is 9.71 Å². The molecule has 1 amide bonds. The van der Waals surface area contributed by atoms with Gasteiger partial charge in [0, 0.05) is 31.2 Å². The van der Waals surface area contributed by atoms with Crippen molar-refractivity contribution in [2.24, 2.45) is 0 Å². The van der Waals surface area contributed by atoms with E-state index in [1.807, 2.05) is 19.2 Å². The fraction of sp³-hybridized carbons (Fsp3) is 0.429. The summed E-state index contributed by atoms with van der Waals surface area (Å²) in [6.45, 7) is 2.94. The van der Waals surface area contributed by atoms with Gasteiger partial charge in [-0.25, -0.2) is 4.98 Å². The Morgan fingerprint density at radius 1 is 1.67 bits per heavy atom. The number of pyridine rings is 1. The summed E-state index contributed by atoms with van der Waals surface area (Å²) in [5.74, 6) is -0.160. The number of nitrogens with two attached hydrogens (primary N) is 1. The quantitative estimate of drug-likeness (QED) is 0.882. The summed E-state index contributed by atoms with van der Waals surface area (Å²) in [5.41, 5.74) is 6.54. The minimum Gasteiger partial charge on any atom is -0.397 e. The third-order valence-corrected chi connectivity index (χ3v) is 4.67. The average Bonchev–Trinajstić information content (AvgIpc) is 2.83. The highest BCUT2D eigenvalue weighted by atomic mass is 32.1. The summed E-state index contributed by atoms with van der Waals surface area (Å²) in [4.78, 5) is 20.0. The predicted molar refractivity (Wildman–Crippen MR) is 83.6 cm³/mol. The van der Waals surface area contributed by atoms with Gasteiger partial charge >= 0.3 is 0 Å². The van der Waals surface area contributed by atoms with E-state index in [2.05, 4.69) is 15.2 Å². The number of likely N-dealkylation sites (N-methyl/N-ethyl adjacent to an activating group) is 1. The monoisotopic (exact) mass is 306 g/mol. The molecule has 1 atom stereocenters. The summed E-state index contributed by atoms with van der Waals surface area (Å²) >= 11 is 1.32. The molecule has 0 bridgehead atoms. The van der Waals surface area contributed by atoms with Gasteiger partial charge in [0.15, 0.2) is 0 Å². The van der Waals surface area contributed by atoms with Crippen molar-refractivity contribution in [2.45, 2.75) is 6.10 Å². The molecule has 7 heteroatoms. The summed E-state index contributed by atoms with van der Waals surface area (Å²) < 4.78 is 5.63. The molecule has 3 N–H and O–H groups in total. The normalized spacial score (nSPS) is 19.8. The SMILES string of the molecule is CN1CCOC(CNC(=O)c2sc3ncccc3c2N)C1. The van der Waals surface area contributed by atoms with E-state index in [1.165, 1.54) is 11.3 Å². The van der Waals surface area contributed by atoms with Crippen molar-refractivity contribution in [2.75, 3.05) is 39.0 Å². The Morgan fingerprint density at radius 2 is 2.52 bits per heavy atom. The average molecular weight is 306 g/mol. The number of hydrogen-bond acceptors (Lipinski definition) is 6. The molecule has 1 saturated heterocycles. The molecule has 0 spiro atoms. The predicted octanol–water partition coefficient (Wildman–Crippen LogP) is 0.939. The molecule has 112 valence electrons. The molecule has 0 saturated carbocycles. The maximum Gasteiger partial charge on any atom is 0.263 e. The largest absolute Gasteiger partial charge is 0.397 e. The number of nitrogens with zero attached hydrogens (tertiary/aromatic N) is 2. The maximum atomic E-state index is 12.3. The Labute approximate surface area is 126 Å². The zero-order valence-electron chi connectivity index (χ0n) is 11.8. The molecule has 0 aliphatic carbocycles. The molecule has 0 radical (unpaired) electrons. The lowest BCUT2D eigenvalue weighted by molar-refractivity contribution is -0.0174. The lowest BCUT2D eigenvalue weighted by atomic mass is 10.2. The van der Waals surface area contributed by atoms with Crippen LogP contribution in [0.4, 0.5) is 5.69 Å². The molecular formula is C14H18N4O2S. The van der Waals surface area contributed by atoms with E-state index in [0.717, 1.165) is 23.3 Å². The van der Waals surface area contributed by atoms with E-state index in [4.69, 9.17) is 10.5 Å². The van der Waals surface area contributed by atoms with Gasteiger partial charge in [-0.1, -0.05) is 0 Å². The van der Waals surface area contributed by atoms with Crippen LogP contribution in [0.5, 0.6) is 0 Å². The van der Waals surface area contributed by atoms with Crippen LogP contribution in [-0.4, -0.2) is 55.2 Å². The van der Waals surface area contributed by atoms with Gasteiger partial charge in [0.2, 0.25) is 0 Å². The molecule has 0 aromatic carbocycles. The van der Waals surface area contributed by atoms with Crippen molar-refractivity contribution >= 4 is 33.1 Å². The highest BCUT2D eigenvalue weighted by Crippen LogP contribution is 2.31. The molecule has 1 aliphatic rings. The first-order chi connectivity index (χ1) is 10.1. The second-order valence-electron chi connectivity index (χ2n) is 5.17. The van der Waals surface area contributed by atoms with Gasteiger partial charge in [-0.05, 0) is 19.2 Å². The Hall–Kier alpha value is -1.70. The van der Waals surface area contributed by atoms with Gasteiger partial charge < -0.3 is 20.7 Å². The number of rotatable bonds is 3. The number of hydrogen-bond donors (Lipinski definition) is 2. The molecule has 3 heterocycles. The molecule has 1 fully saturated rings. The number of anilines is 1. The van der Waals surface area contributed by atoms with E-state index in [0.29, 0.717) is 23.7 Å². The first-order valence-electron chi connectivity index (χ1n) is 6.86. The molecular weight excluding hydrogens is 288 g/mol. The van der Waals surface area contributed by atoms with E-state index in [-0.39, 0.29) is 12.0 Å². The minimum absolute atomic E-state index is 0.0291. The van der Waals surface area contributed by atoms with Crippen molar-refractivity contribution in [3.8, 4) is 0 Å². The number of fused-ring (bicyclic) bond motifs is 1. The number of amides is 1. The van der Waals surface area contributed by atoms with Crippen molar-refractivity contribution < 1.29 is 9.53 Å². The zero-order chi connectivity index (χ0) is 14.8. The summed E-state index contributed by atoms with van der Waals surface area (Å²) in [6, 6.07) is 3.70. The zero-order valence-corrected chi connectivity index (χ0v) is 12.7. The van der Waals surface area contributed by atoms with E-state index in [9.17, 15) is 4.79 Å². The van der Waals surface area contributed by atoms with E-state index < -0.39 is 0 Å². The highest BCUT2D eigenvalue weighted by Gasteiger charge is 2.21. The first-order valence-corrected chi connectivity index (χ1v) is 7.68. The van der Waals surface area contributed by atoms with Gasteiger partial charge in [-0.15, -0.1) is 11.3 Å². The molecule has 6 nitrogen and oxygen atoms in total. The second kappa shape index (κ2) is 5.97. The van der Waals surface area contributed by atoms with Crippen molar-refractivity contribution in [3.63, 3.8) is 0 Å². The number of ether oxygens (including phenoxy) is 1. The standard InChI is InChI=1S/C14H18N4O2S/c1-18-5-6-20-9(8-18)7-17-13(19)12-11(15)10-3-2-4-16-14(10)21-12/h2-4,9H,5-8,15H2,1H3,(H,17,19). The maximum absolute atomic E-state index is 12.3. The molecule has 1 unspecified atom stereocenters. The smallest absolute Gasteiger partial charge is 0.263 e. The number of morpholine rings is 1. The summed E-state index contributed by atoms with van der Waals surface area (Å²) in [6.07, 6.45) is 1.73. The summed E-state index contributed by atoms with van der Waals surface area (Å²) in [5, 5.41) is 3.74. The van der Waals surface area contributed by atoms with Crippen LogP contribution in [-0.2, 0) is 4.74 Å². The van der Waals surface area contributed by atoms with Crippen LogP contribution in [0.3, 0.4) is 0 Å². The summed E-state index contributed by atoms with van der Waals surface area (Å²) in [7, 11) is 2.05. The van der Waals surface area contributed by atoms with Gasteiger partial charge in [-0.3, -0.25) is 4.79 Å². The number of carbonyl (C=O) groups is 1. The number of carbonyl (C=O) groups excluding carboxylic acids is 1. The van der Waals surface area contributed by atoms with Crippen molar-refractivity contribution in [1.29, 1.82) is 0 Å². The Bertz CT molecular complexity index is 657. The minimum atomic E-state index is -0.160. The van der Waals surface area contributed by atoms with Gasteiger partial charge in [-0.2, -0.15) is 0 Å². The molecule has 21 heavy (non-hydrogen) atoms. The van der Waals surface area contributed by atoms with Crippen LogP contribution in [0.15, 0.2) is 18.3 Å². The fourth-order valence-electron chi connectivity index (χ4n) is 2.40. The van der Waals surface area contributed by atoms with Crippen molar-refractivity contribution in [3.05, 3.63) is 23.2 Å². The molecule has 3 rings (SSSR count). The third-order valence-electron chi connectivity index (χ3n) is 3.54. The highest BCUT2D eigenvalue weighted by molar-refractivity contribution is 7.21.